The van der Waals surface area contributed by atoms with Crippen LogP contribution < -0.4 is 5.73 Å². The molecule has 0 aromatic carbocycles. The van der Waals surface area contributed by atoms with E-state index in [1.807, 2.05) is 6.92 Å². The molecular formula is C33H68N2O3. The van der Waals surface area contributed by atoms with Crippen molar-refractivity contribution in [1.29, 1.82) is 0 Å². The number of carbonyl (C=O) groups excluding carboxylic acids is 1. The molecule has 0 heterocycles. The predicted molar refractivity (Wildman–Crippen MR) is 164 cm³/mol. The molecule has 0 fully saturated rings. The van der Waals surface area contributed by atoms with Gasteiger partial charge in [0, 0.05) is 19.0 Å². The molecule has 0 aromatic heterocycles. The quantitative estimate of drug-likeness (QED) is 0.0802. The normalized spacial score (nSPS) is 14.2. The zero-order valence-corrected chi connectivity index (χ0v) is 25.9. The van der Waals surface area contributed by atoms with Crippen molar-refractivity contribution in [2.24, 2.45) is 11.7 Å². The SMILES string of the molecule is CCCCCCCCCCCCC(O)CN(CCC(C)C(N)=O)CC(O)CCCCCCCCCCCC. The summed E-state index contributed by atoms with van der Waals surface area (Å²) < 4.78 is 0. The number of aliphatic hydroxyl groups is 2. The molecule has 5 heteroatoms. The van der Waals surface area contributed by atoms with Crippen LogP contribution >= 0.6 is 0 Å². The summed E-state index contributed by atoms with van der Waals surface area (Å²) in [6.45, 7) is 8.21. The molecule has 0 rings (SSSR count). The number of rotatable bonds is 30. The predicted octanol–water partition coefficient (Wildman–Crippen LogP) is 8.14. The second-order valence-corrected chi connectivity index (χ2v) is 12.1. The van der Waals surface area contributed by atoms with Crippen molar-refractivity contribution in [2.45, 2.75) is 181 Å². The molecule has 0 radical (unpaired) electrons. The van der Waals surface area contributed by atoms with Gasteiger partial charge in [0.15, 0.2) is 0 Å². The van der Waals surface area contributed by atoms with Crippen LogP contribution in [0.5, 0.6) is 0 Å². The van der Waals surface area contributed by atoms with Gasteiger partial charge in [-0.1, -0.05) is 149 Å². The molecule has 0 saturated carbocycles. The third-order valence-corrected chi connectivity index (χ3v) is 8.08. The molecule has 0 aliphatic carbocycles. The average molecular weight is 541 g/mol. The van der Waals surface area contributed by atoms with Gasteiger partial charge in [-0.3, -0.25) is 9.69 Å². The van der Waals surface area contributed by atoms with Crippen molar-refractivity contribution in [3.63, 3.8) is 0 Å². The van der Waals surface area contributed by atoms with E-state index in [4.69, 9.17) is 5.73 Å². The van der Waals surface area contributed by atoms with E-state index in [-0.39, 0.29) is 24.0 Å². The lowest BCUT2D eigenvalue weighted by Crippen LogP contribution is -2.39. The summed E-state index contributed by atoms with van der Waals surface area (Å²) in [7, 11) is 0. The van der Waals surface area contributed by atoms with Crippen LogP contribution in [-0.2, 0) is 4.79 Å². The first-order valence-corrected chi connectivity index (χ1v) is 16.8. The highest BCUT2D eigenvalue weighted by molar-refractivity contribution is 5.76. The first-order chi connectivity index (χ1) is 18.4. The number of nitrogens with two attached hydrogens (primary N) is 1. The Kier molecular flexibility index (Phi) is 27.4. The van der Waals surface area contributed by atoms with Gasteiger partial charge in [0.05, 0.1) is 12.2 Å². The molecule has 4 N–H and O–H groups in total. The first-order valence-electron chi connectivity index (χ1n) is 16.8. The van der Waals surface area contributed by atoms with E-state index < -0.39 is 0 Å². The number of hydrogen-bond acceptors (Lipinski definition) is 4. The number of aliphatic hydroxyl groups excluding tert-OH is 2. The molecule has 0 aromatic rings. The summed E-state index contributed by atoms with van der Waals surface area (Å²) in [4.78, 5) is 13.6. The number of nitrogens with zero attached hydrogens (tertiary/aromatic N) is 1. The first kappa shape index (κ1) is 37.4. The number of carbonyl (C=O) groups is 1. The number of amides is 1. The standard InChI is InChI=1S/C33H68N2O3/c1-4-6-8-10-12-14-16-18-20-22-24-31(36)28-35(27-26-30(3)33(34)38)29-32(37)25-23-21-19-17-15-13-11-9-7-5-2/h30-32,36-37H,4-29H2,1-3H3,(H2,34,38). The molecule has 0 saturated heterocycles. The van der Waals surface area contributed by atoms with Crippen molar-refractivity contribution >= 4 is 5.91 Å². The monoisotopic (exact) mass is 541 g/mol. The Morgan fingerprint density at radius 1 is 0.579 bits per heavy atom. The highest BCUT2D eigenvalue weighted by Crippen LogP contribution is 2.15. The minimum Gasteiger partial charge on any atom is -0.392 e. The highest BCUT2D eigenvalue weighted by Gasteiger charge is 2.18. The van der Waals surface area contributed by atoms with Gasteiger partial charge in [-0.15, -0.1) is 0 Å². The Morgan fingerprint density at radius 3 is 1.21 bits per heavy atom. The smallest absolute Gasteiger partial charge is 0.220 e. The maximum absolute atomic E-state index is 11.5. The van der Waals surface area contributed by atoms with Crippen LogP contribution in [0.1, 0.15) is 168 Å². The van der Waals surface area contributed by atoms with E-state index in [1.54, 1.807) is 0 Å². The van der Waals surface area contributed by atoms with E-state index in [0.717, 1.165) is 25.7 Å². The lowest BCUT2D eigenvalue weighted by atomic mass is 10.0. The van der Waals surface area contributed by atoms with Crippen LogP contribution in [-0.4, -0.2) is 52.9 Å². The summed E-state index contributed by atoms with van der Waals surface area (Å²) in [6.07, 6.45) is 27.5. The van der Waals surface area contributed by atoms with Gasteiger partial charge >= 0.3 is 0 Å². The summed E-state index contributed by atoms with van der Waals surface area (Å²) in [6, 6.07) is 0. The molecule has 5 nitrogen and oxygen atoms in total. The average Bonchev–Trinajstić information content (AvgIpc) is 2.89. The lowest BCUT2D eigenvalue weighted by Gasteiger charge is -2.28. The fraction of sp³-hybridized carbons (Fsp3) is 0.970. The van der Waals surface area contributed by atoms with Crippen molar-refractivity contribution in [2.75, 3.05) is 19.6 Å². The topological polar surface area (TPSA) is 86.8 Å². The van der Waals surface area contributed by atoms with Crippen LogP contribution in [0, 0.1) is 5.92 Å². The number of hydrogen-bond donors (Lipinski definition) is 3. The maximum atomic E-state index is 11.5. The zero-order valence-electron chi connectivity index (χ0n) is 25.9. The minimum absolute atomic E-state index is 0.185. The zero-order chi connectivity index (χ0) is 28.3. The van der Waals surface area contributed by atoms with E-state index in [1.165, 1.54) is 116 Å². The molecular weight excluding hydrogens is 472 g/mol. The van der Waals surface area contributed by atoms with Crippen molar-refractivity contribution in [3.8, 4) is 0 Å². The molecule has 3 atom stereocenters. The highest BCUT2D eigenvalue weighted by atomic mass is 16.3. The lowest BCUT2D eigenvalue weighted by molar-refractivity contribution is -0.121. The Labute approximate surface area is 237 Å². The molecule has 0 spiro atoms. The van der Waals surface area contributed by atoms with Crippen LogP contribution in [0.15, 0.2) is 0 Å². The Bertz CT molecular complexity index is 471. The summed E-state index contributed by atoms with van der Waals surface area (Å²) in [5.41, 5.74) is 5.46. The van der Waals surface area contributed by atoms with Gasteiger partial charge in [-0.25, -0.2) is 0 Å². The minimum atomic E-state index is -0.377. The summed E-state index contributed by atoms with van der Waals surface area (Å²) in [5.74, 6) is -0.461. The Balaban J connectivity index is 4.13. The van der Waals surface area contributed by atoms with Crippen LogP contribution in [0.4, 0.5) is 0 Å². The molecule has 38 heavy (non-hydrogen) atoms. The Morgan fingerprint density at radius 2 is 0.895 bits per heavy atom. The summed E-state index contributed by atoms with van der Waals surface area (Å²) in [5, 5.41) is 21.4. The van der Waals surface area contributed by atoms with E-state index >= 15 is 0 Å². The van der Waals surface area contributed by atoms with Gasteiger partial charge in [0.25, 0.3) is 0 Å². The van der Waals surface area contributed by atoms with Gasteiger partial charge in [0.1, 0.15) is 0 Å². The fourth-order valence-electron chi connectivity index (χ4n) is 5.29. The Hall–Kier alpha value is -0.650. The van der Waals surface area contributed by atoms with Crippen molar-refractivity contribution in [3.05, 3.63) is 0 Å². The van der Waals surface area contributed by atoms with Crippen molar-refractivity contribution in [1.82, 2.24) is 4.90 Å². The van der Waals surface area contributed by atoms with E-state index in [9.17, 15) is 15.0 Å². The van der Waals surface area contributed by atoms with Gasteiger partial charge < -0.3 is 15.9 Å². The molecule has 3 unspecified atom stereocenters. The second-order valence-electron chi connectivity index (χ2n) is 12.1. The molecule has 228 valence electrons. The van der Waals surface area contributed by atoms with Crippen LogP contribution in [0.25, 0.3) is 0 Å². The van der Waals surface area contributed by atoms with Gasteiger partial charge in [-0.2, -0.15) is 0 Å². The largest absolute Gasteiger partial charge is 0.392 e. The van der Waals surface area contributed by atoms with Gasteiger partial charge in [0.2, 0.25) is 5.91 Å². The maximum Gasteiger partial charge on any atom is 0.220 e. The second kappa shape index (κ2) is 27.9. The molecule has 0 aliphatic rings. The van der Waals surface area contributed by atoms with Gasteiger partial charge in [-0.05, 0) is 25.8 Å². The number of unbranched alkanes of at least 4 members (excludes halogenated alkanes) is 18. The van der Waals surface area contributed by atoms with Crippen LogP contribution in [0.2, 0.25) is 0 Å². The molecule has 1 amide bonds. The molecule has 0 aliphatic heterocycles. The fourth-order valence-corrected chi connectivity index (χ4v) is 5.29. The third-order valence-electron chi connectivity index (χ3n) is 8.08. The van der Waals surface area contributed by atoms with E-state index in [0.29, 0.717) is 26.1 Å². The molecule has 0 bridgehead atoms. The number of primary amides is 1. The van der Waals surface area contributed by atoms with Crippen LogP contribution in [0.3, 0.4) is 0 Å². The third kappa shape index (κ3) is 25.6. The summed E-state index contributed by atoms with van der Waals surface area (Å²) >= 11 is 0. The van der Waals surface area contributed by atoms with E-state index in [2.05, 4.69) is 18.7 Å². The van der Waals surface area contributed by atoms with Crippen molar-refractivity contribution < 1.29 is 15.0 Å².